The minimum atomic E-state index is 0.539. The second kappa shape index (κ2) is 10.3. The van der Waals surface area contributed by atoms with Crippen LogP contribution in [-0.2, 0) is 13.2 Å². The van der Waals surface area contributed by atoms with E-state index in [0.29, 0.717) is 13.2 Å². The van der Waals surface area contributed by atoms with Crippen molar-refractivity contribution >= 4 is 12.2 Å². The summed E-state index contributed by atoms with van der Waals surface area (Å²) in [6, 6.07) is 32.8. The molecule has 2 heteroatoms. The van der Waals surface area contributed by atoms with Crippen molar-refractivity contribution in [3.63, 3.8) is 0 Å². The molecule has 0 saturated heterocycles. The fraction of sp³-hybridized carbons (Fsp3) is 0.0667. The lowest BCUT2D eigenvalue weighted by Crippen LogP contribution is -1.96. The van der Waals surface area contributed by atoms with E-state index in [4.69, 9.17) is 9.47 Å². The van der Waals surface area contributed by atoms with Gasteiger partial charge in [0, 0.05) is 0 Å². The first kappa shape index (κ1) is 21.2. The molecule has 0 saturated carbocycles. The number of benzene rings is 4. The predicted octanol–water partition coefficient (Wildman–Crippen LogP) is 7.80. The molecule has 0 aliphatic rings. The molecule has 0 N–H and O–H groups in total. The summed E-state index contributed by atoms with van der Waals surface area (Å²) in [5.41, 5.74) is 6.79. The van der Waals surface area contributed by atoms with Crippen LogP contribution < -0.4 is 9.47 Å². The minimum Gasteiger partial charge on any atom is -0.489 e. The Balaban J connectivity index is 1.32. The maximum absolute atomic E-state index is 5.88. The summed E-state index contributed by atoms with van der Waals surface area (Å²) in [7, 11) is 0. The van der Waals surface area contributed by atoms with E-state index in [1.807, 2.05) is 60.7 Å². The second-order valence-corrected chi connectivity index (χ2v) is 7.52. The van der Waals surface area contributed by atoms with Crippen molar-refractivity contribution in [2.45, 2.75) is 13.2 Å². The molecule has 4 aromatic rings. The van der Waals surface area contributed by atoms with Gasteiger partial charge >= 0.3 is 0 Å². The van der Waals surface area contributed by atoms with Crippen molar-refractivity contribution in [1.82, 2.24) is 0 Å². The maximum Gasteiger partial charge on any atom is 0.119 e. The summed E-state index contributed by atoms with van der Waals surface area (Å²) in [5, 5.41) is 0. The van der Waals surface area contributed by atoms with Crippen LogP contribution in [-0.4, -0.2) is 0 Å². The highest BCUT2D eigenvalue weighted by atomic mass is 16.5. The standard InChI is InChI=1S/C30H26O2/c1-3-23-9-17-29(18-10-23)31-21-25-5-13-27(14-6-25)28-15-7-26(8-16-28)22-32-30-19-11-24(4-2)12-20-30/h3-20H,1-2,21-22H2. The Morgan fingerprint density at radius 3 is 1.12 bits per heavy atom. The molecule has 0 aromatic heterocycles. The predicted molar refractivity (Wildman–Crippen MR) is 134 cm³/mol. The van der Waals surface area contributed by atoms with Gasteiger partial charge < -0.3 is 9.47 Å². The average molecular weight is 419 g/mol. The quantitative estimate of drug-likeness (QED) is 0.276. The Hall–Kier alpha value is -4.04. The van der Waals surface area contributed by atoms with E-state index in [1.54, 1.807) is 0 Å². The van der Waals surface area contributed by atoms with Gasteiger partial charge in [-0.05, 0) is 57.6 Å². The lowest BCUT2D eigenvalue weighted by molar-refractivity contribution is 0.306. The molecule has 4 rings (SSSR count). The van der Waals surface area contributed by atoms with E-state index in [9.17, 15) is 0 Å². The summed E-state index contributed by atoms with van der Waals surface area (Å²) >= 11 is 0. The highest BCUT2D eigenvalue weighted by molar-refractivity contribution is 5.64. The monoisotopic (exact) mass is 418 g/mol. The van der Waals surface area contributed by atoms with Gasteiger partial charge in [0.1, 0.15) is 24.7 Å². The van der Waals surface area contributed by atoms with Gasteiger partial charge in [0.2, 0.25) is 0 Å². The molecule has 2 nitrogen and oxygen atoms in total. The highest BCUT2D eigenvalue weighted by Gasteiger charge is 2.02. The molecule has 32 heavy (non-hydrogen) atoms. The largest absolute Gasteiger partial charge is 0.489 e. The van der Waals surface area contributed by atoms with Crippen LogP contribution in [0.2, 0.25) is 0 Å². The molecule has 0 spiro atoms. The molecule has 0 amide bonds. The second-order valence-electron chi connectivity index (χ2n) is 7.52. The lowest BCUT2D eigenvalue weighted by atomic mass is 10.0. The first-order valence-electron chi connectivity index (χ1n) is 10.6. The Morgan fingerprint density at radius 1 is 0.469 bits per heavy atom. The van der Waals surface area contributed by atoms with E-state index in [0.717, 1.165) is 33.8 Å². The Bertz CT molecular complexity index is 1060. The Morgan fingerprint density at radius 2 is 0.812 bits per heavy atom. The van der Waals surface area contributed by atoms with Crippen molar-refractivity contribution in [1.29, 1.82) is 0 Å². The van der Waals surface area contributed by atoms with Crippen molar-refractivity contribution < 1.29 is 9.47 Å². The third kappa shape index (κ3) is 5.55. The van der Waals surface area contributed by atoms with Crippen molar-refractivity contribution in [2.24, 2.45) is 0 Å². The van der Waals surface area contributed by atoms with Crippen LogP contribution in [0.15, 0.2) is 110 Å². The summed E-state index contributed by atoms with van der Waals surface area (Å²) < 4.78 is 11.8. The summed E-state index contributed by atoms with van der Waals surface area (Å²) in [6.07, 6.45) is 3.65. The van der Waals surface area contributed by atoms with E-state index >= 15 is 0 Å². The number of rotatable bonds is 9. The van der Waals surface area contributed by atoms with Crippen LogP contribution in [0.1, 0.15) is 22.3 Å². The summed E-state index contributed by atoms with van der Waals surface area (Å²) in [4.78, 5) is 0. The molecule has 0 aliphatic heterocycles. The van der Waals surface area contributed by atoms with E-state index in [-0.39, 0.29) is 0 Å². The number of hydrogen-bond acceptors (Lipinski definition) is 2. The van der Waals surface area contributed by atoms with E-state index < -0.39 is 0 Å². The van der Waals surface area contributed by atoms with Crippen LogP contribution in [0.3, 0.4) is 0 Å². The normalized spacial score (nSPS) is 10.4. The van der Waals surface area contributed by atoms with Gasteiger partial charge in [0.25, 0.3) is 0 Å². The third-order valence-electron chi connectivity index (χ3n) is 5.28. The Labute approximate surface area is 190 Å². The van der Waals surface area contributed by atoms with Gasteiger partial charge in [0.15, 0.2) is 0 Å². The van der Waals surface area contributed by atoms with Gasteiger partial charge in [-0.15, -0.1) is 0 Å². The molecule has 0 radical (unpaired) electrons. The average Bonchev–Trinajstić information content (AvgIpc) is 2.87. The number of ether oxygens (including phenoxy) is 2. The van der Waals surface area contributed by atoms with Gasteiger partial charge in [-0.3, -0.25) is 0 Å². The molecular weight excluding hydrogens is 392 g/mol. The molecule has 4 aromatic carbocycles. The fourth-order valence-corrected chi connectivity index (χ4v) is 3.32. The zero-order valence-corrected chi connectivity index (χ0v) is 18.0. The molecule has 0 bridgehead atoms. The van der Waals surface area contributed by atoms with Crippen LogP contribution >= 0.6 is 0 Å². The van der Waals surface area contributed by atoms with Gasteiger partial charge in [0.05, 0.1) is 0 Å². The SMILES string of the molecule is C=Cc1ccc(OCc2ccc(-c3ccc(COc4ccc(C=C)cc4)cc3)cc2)cc1. The smallest absolute Gasteiger partial charge is 0.119 e. The molecule has 158 valence electrons. The third-order valence-corrected chi connectivity index (χ3v) is 5.28. The first-order chi connectivity index (χ1) is 15.7. The molecule has 0 heterocycles. The van der Waals surface area contributed by atoms with Crippen molar-refractivity contribution in [3.8, 4) is 22.6 Å². The molecule has 0 atom stereocenters. The van der Waals surface area contributed by atoms with Gasteiger partial charge in [-0.25, -0.2) is 0 Å². The zero-order valence-electron chi connectivity index (χ0n) is 18.0. The first-order valence-corrected chi connectivity index (χ1v) is 10.6. The molecule has 0 unspecified atom stereocenters. The minimum absolute atomic E-state index is 0.539. The van der Waals surface area contributed by atoms with Crippen LogP contribution in [0.5, 0.6) is 11.5 Å². The maximum atomic E-state index is 5.88. The molecular formula is C30H26O2. The van der Waals surface area contributed by atoms with Gasteiger partial charge in [-0.1, -0.05) is 98.1 Å². The van der Waals surface area contributed by atoms with Crippen LogP contribution in [0.4, 0.5) is 0 Å². The fourth-order valence-electron chi connectivity index (χ4n) is 3.32. The van der Waals surface area contributed by atoms with E-state index in [2.05, 4.69) is 61.7 Å². The summed E-state index contributed by atoms with van der Waals surface area (Å²) in [5.74, 6) is 1.71. The number of hydrogen-bond donors (Lipinski definition) is 0. The van der Waals surface area contributed by atoms with Gasteiger partial charge in [-0.2, -0.15) is 0 Å². The highest BCUT2D eigenvalue weighted by Crippen LogP contribution is 2.22. The van der Waals surface area contributed by atoms with Crippen molar-refractivity contribution in [2.75, 3.05) is 0 Å². The Kier molecular flexibility index (Phi) is 6.84. The summed E-state index contributed by atoms with van der Waals surface area (Å²) in [6.45, 7) is 8.62. The molecule has 0 fully saturated rings. The zero-order chi connectivity index (χ0) is 22.2. The van der Waals surface area contributed by atoms with Crippen LogP contribution in [0.25, 0.3) is 23.3 Å². The topological polar surface area (TPSA) is 18.5 Å². The lowest BCUT2D eigenvalue weighted by Gasteiger charge is -2.09. The molecule has 0 aliphatic carbocycles. The van der Waals surface area contributed by atoms with E-state index in [1.165, 1.54) is 11.1 Å². The van der Waals surface area contributed by atoms with Crippen molar-refractivity contribution in [3.05, 3.63) is 132 Å². The van der Waals surface area contributed by atoms with Crippen LogP contribution in [0, 0.1) is 0 Å².